The van der Waals surface area contributed by atoms with Crippen LogP contribution in [0.5, 0.6) is 11.5 Å². The van der Waals surface area contributed by atoms with E-state index >= 15 is 0 Å². The molecule has 19 heavy (non-hydrogen) atoms. The van der Waals surface area contributed by atoms with Crippen molar-refractivity contribution in [2.75, 3.05) is 6.79 Å². The summed E-state index contributed by atoms with van der Waals surface area (Å²) in [5.74, 6) is 3.38. The Labute approximate surface area is 115 Å². The summed E-state index contributed by atoms with van der Waals surface area (Å²) < 4.78 is 11.0. The number of nitrogens with one attached hydrogen (secondary N) is 1. The molecule has 2 aliphatic rings. The van der Waals surface area contributed by atoms with Crippen LogP contribution in [0.2, 0.25) is 0 Å². The van der Waals surface area contributed by atoms with Crippen LogP contribution in [-0.4, -0.2) is 12.8 Å². The van der Waals surface area contributed by atoms with E-state index in [9.17, 15) is 0 Å². The Morgan fingerprint density at radius 1 is 1.21 bits per heavy atom. The highest BCUT2D eigenvalue weighted by atomic mass is 16.7. The monoisotopic (exact) mass is 261 g/mol. The Morgan fingerprint density at radius 2 is 2.11 bits per heavy atom. The predicted molar refractivity (Wildman–Crippen MR) is 75.4 cm³/mol. The smallest absolute Gasteiger partial charge is 0.231 e. The third kappa shape index (κ3) is 2.57. The fraction of sp³-hybridized carbons (Fsp3) is 0.625. The quantitative estimate of drug-likeness (QED) is 0.905. The fourth-order valence-electron chi connectivity index (χ4n) is 3.24. The third-order valence-electron chi connectivity index (χ3n) is 4.74. The number of ether oxygens (including phenoxy) is 2. The molecule has 0 amide bonds. The molecule has 1 heterocycles. The van der Waals surface area contributed by atoms with Gasteiger partial charge >= 0.3 is 0 Å². The highest BCUT2D eigenvalue weighted by Crippen LogP contribution is 2.36. The van der Waals surface area contributed by atoms with E-state index in [0.717, 1.165) is 29.9 Å². The topological polar surface area (TPSA) is 30.5 Å². The summed E-state index contributed by atoms with van der Waals surface area (Å²) >= 11 is 0. The van der Waals surface area contributed by atoms with Gasteiger partial charge in [0, 0.05) is 18.2 Å². The molecule has 1 aliphatic carbocycles. The first-order valence-corrected chi connectivity index (χ1v) is 7.36. The van der Waals surface area contributed by atoms with Crippen molar-refractivity contribution in [2.24, 2.45) is 11.8 Å². The molecular weight excluding hydrogens is 238 g/mol. The van der Waals surface area contributed by atoms with E-state index in [1.165, 1.54) is 24.8 Å². The van der Waals surface area contributed by atoms with Gasteiger partial charge in [0.1, 0.15) is 0 Å². The Kier molecular flexibility index (Phi) is 3.65. The van der Waals surface area contributed by atoms with Crippen molar-refractivity contribution in [1.29, 1.82) is 0 Å². The molecule has 0 aromatic heterocycles. The van der Waals surface area contributed by atoms with Crippen molar-refractivity contribution in [3.63, 3.8) is 0 Å². The molecule has 0 saturated heterocycles. The van der Waals surface area contributed by atoms with Gasteiger partial charge in [-0.15, -0.1) is 0 Å². The molecule has 3 rings (SSSR count). The van der Waals surface area contributed by atoms with Crippen molar-refractivity contribution in [3.05, 3.63) is 23.8 Å². The zero-order valence-corrected chi connectivity index (χ0v) is 11.8. The molecule has 1 fully saturated rings. The summed E-state index contributed by atoms with van der Waals surface area (Å²) in [4.78, 5) is 0. The molecule has 1 aliphatic heterocycles. The van der Waals surface area contributed by atoms with Gasteiger partial charge in [0.25, 0.3) is 0 Å². The van der Waals surface area contributed by atoms with E-state index in [2.05, 4.69) is 25.2 Å². The molecule has 1 N–H and O–H groups in total. The second-order valence-electron chi connectivity index (χ2n) is 5.91. The van der Waals surface area contributed by atoms with Crippen molar-refractivity contribution in [3.8, 4) is 11.5 Å². The molecule has 3 atom stereocenters. The first kappa shape index (κ1) is 12.8. The number of rotatable bonds is 3. The van der Waals surface area contributed by atoms with E-state index < -0.39 is 0 Å². The molecule has 0 bridgehead atoms. The fourth-order valence-corrected chi connectivity index (χ4v) is 3.24. The minimum atomic E-state index is 0.350. The number of benzene rings is 1. The maximum absolute atomic E-state index is 5.56. The lowest BCUT2D eigenvalue weighted by atomic mass is 9.78. The van der Waals surface area contributed by atoms with Gasteiger partial charge in [0.05, 0.1) is 0 Å². The number of para-hydroxylation sites is 1. The first-order chi connectivity index (χ1) is 9.25. The molecule has 0 radical (unpaired) electrons. The molecule has 3 unspecified atom stereocenters. The highest BCUT2D eigenvalue weighted by molar-refractivity contribution is 5.48. The van der Waals surface area contributed by atoms with Crippen LogP contribution in [0.3, 0.4) is 0 Å². The average molecular weight is 261 g/mol. The highest BCUT2D eigenvalue weighted by Gasteiger charge is 2.27. The van der Waals surface area contributed by atoms with E-state index in [1.54, 1.807) is 0 Å². The van der Waals surface area contributed by atoms with Crippen LogP contribution >= 0.6 is 0 Å². The molecule has 3 nitrogen and oxygen atoms in total. The van der Waals surface area contributed by atoms with Crippen LogP contribution in [0.1, 0.15) is 38.7 Å². The average Bonchev–Trinajstić information content (AvgIpc) is 2.89. The SMILES string of the molecule is CC1CCCC(NCc2cccc3c2OCO3)C1C. The summed E-state index contributed by atoms with van der Waals surface area (Å²) in [5.41, 5.74) is 1.21. The van der Waals surface area contributed by atoms with E-state index in [0.29, 0.717) is 12.8 Å². The van der Waals surface area contributed by atoms with E-state index in [4.69, 9.17) is 9.47 Å². The van der Waals surface area contributed by atoms with Gasteiger partial charge < -0.3 is 14.8 Å². The Morgan fingerprint density at radius 3 is 3.00 bits per heavy atom. The molecule has 104 valence electrons. The second kappa shape index (κ2) is 5.41. The minimum absolute atomic E-state index is 0.350. The van der Waals surface area contributed by atoms with Gasteiger partial charge in [0.15, 0.2) is 11.5 Å². The summed E-state index contributed by atoms with van der Waals surface area (Å²) in [6.45, 7) is 5.96. The summed E-state index contributed by atoms with van der Waals surface area (Å²) in [6, 6.07) is 6.76. The summed E-state index contributed by atoms with van der Waals surface area (Å²) in [5, 5.41) is 3.71. The lowest BCUT2D eigenvalue weighted by molar-refractivity contribution is 0.172. The van der Waals surface area contributed by atoms with Crippen molar-refractivity contribution < 1.29 is 9.47 Å². The lowest BCUT2D eigenvalue weighted by Crippen LogP contribution is -2.40. The van der Waals surface area contributed by atoms with Crippen LogP contribution in [0.25, 0.3) is 0 Å². The van der Waals surface area contributed by atoms with Crippen molar-refractivity contribution in [1.82, 2.24) is 5.32 Å². The van der Waals surface area contributed by atoms with Crippen LogP contribution in [0.15, 0.2) is 18.2 Å². The standard InChI is InChI=1S/C16H23NO2/c1-11-5-3-7-14(12(11)2)17-9-13-6-4-8-15-16(13)19-10-18-15/h4,6,8,11-12,14,17H,3,5,7,9-10H2,1-2H3. The molecule has 0 spiro atoms. The van der Waals surface area contributed by atoms with Crippen LogP contribution in [0.4, 0.5) is 0 Å². The zero-order chi connectivity index (χ0) is 13.2. The van der Waals surface area contributed by atoms with E-state index in [1.807, 2.05) is 12.1 Å². The molecule has 3 heteroatoms. The Bertz CT molecular complexity index is 446. The van der Waals surface area contributed by atoms with Crippen LogP contribution in [-0.2, 0) is 6.54 Å². The van der Waals surface area contributed by atoms with Gasteiger partial charge in [-0.3, -0.25) is 0 Å². The van der Waals surface area contributed by atoms with Crippen LogP contribution < -0.4 is 14.8 Å². The maximum atomic E-state index is 5.56. The molecule has 1 saturated carbocycles. The number of hydrogen-bond donors (Lipinski definition) is 1. The lowest BCUT2D eigenvalue weighted by Gasteiger charge is -2.34. The van der Waals surface area contributed by atoms with Gasteiger partial charge in [-0.25, -0.2) is 0 Å². The second-order valence-corrected chi connectivity index (χ2v) is 5.91. The minimum Gasteiger partial charge on any atom is -0.454 e. The molecule has 1 aromatic carbocycles. The number of hydrogen-bond acceptors (Lipinski definition) is 3. The maximum Gasteiger partial charge on any atom is 0.231 e. The predicted octanol–water partition coefficient (Wildman–Crippen LogP) is 3.33. The Balaban J connectivity index is 1.65. The normalized spacial score (nSPS) is 29.5. The van der Waals surface area contributed by atoms with Gasteiger partial charge in [-0.1, -0.05) is 38.8 Å². The third-order valence-corrected chi connectivity index (χ3v) is 4.74. The van der Waals surface area contributed by atoms with Gasteiger partial charge in [0.2, 0.25) is 6.79 Å². The first-order valence-electron chi connectivity index (χ1n) is 7.36. The van der Waals surface area contributed by atoms with E-state index in [-0.39, 0.29) is 0 Å². The van der Waals surface area contributed by atoms with Gasteiger partial charge in [-0.2, -0.15) is 0 Å². The Hall–Kier alpha value is -1.22. The van der Waals surface area contributed by atoms with Crippen LogP contribution in [0, 0.1) is 11.8 Å². The molecule has 1 aromatic rings. The van der Waals surface area contributed by atoms with Crippen molar-refractivity contribution in [2.45, 2.75) is 45.7 Å². The summed E-state index contributed by atoms with van der Waals surface area (Å²) in [6.07, 6.45) is 4.00. The number of fused-ring (bicyclic) bond motifs is 1. The zero-order valence-electron chi connectivity index (χ0n) is 11.8. The van der Waals surface area contributed by atoms with Crippen molar-refractivity contribution >= 4 is 0 Å². The molecular formula is C16H23NO2. The summed E-state index contributed by atoms with van der Waals surface area (Å²) in [7, 11) is 0. The van der Waals surface area contributed by atoms with Gasteiger partial charge in [-0.05, 0) is 24.3 Å². The largest absolute Gasteiger partial charge is 0.454 e.